The molecule has 0 unspecified atom stereocenters. The molecule has 0 bridgehead atoms. The Hall–Kier alpha value is -1.56. The molecule has 0 aliphatic heterocycles. The summed E-state index contributed by atoms with van der Waals surface area (Å²) < 4.78 is 11.4. The normalized spacial score (nSPS) is 12.2. The Balaban J connectivity index is 2.34. The summed E-state index contributed by atoms with van der Waals surface area (Å²) in [6, 6.07) is 12.7. The van der Waals surface area contributed by atoms with Crippen molar-refractivity contribution in [3.05, 3.63) is 58.1 Å². The van der Waals surface area contributed by atoms with Crippen LogP contribution in [0.4, 0.5) is 0 Å². The molecule has 2 aromatic carbocycles. The van der Waals surface area contributed by atoms with Gasteiger partial charge in [0.1, 0.15) is 11.5 Å². The molecule has 0 N–H and O–H groups in total. The summed E-state index contributed by atoms with van der Waals surface area (Å²) in [5.74, 6) is 1.19. The monoisotopic (exact) mass is 414 g/mol. The molecule has 0 saturated heterocycles. The van der Waals surface area contributed by atoms with Crippen LogP contribution in [-0.2, 0) is 0 Å². The first-order valence-corrected chi connectivity index (χ1v) is 8.05. The first-order valence-electron chi connectivity index (χ1n) is 6.50. The van der Waals surface area contributed by atoms with Crippen LogP contribution in [-0.4, -0.2) is 24.6 Å². The van der Waals surface area contributed by atoms with Crippen LogP contribution in [0.1, 0.15) is 11.1 Å². The minimum atomic E-state index is 0.169. The Bertz CT molecular complexity index is 763. The number of methoxy groups -OCH3 is 2. The third-order valence-electron chi connectivity index (χ3n) is 2.94. The van der Waals surface area contributed by atoms with E-state index in [2.05, 4.69) is 26.1 Å². The minimum absolute atomic E-state index is 0.169. The maximum Gasteiger partial charge on any atom is 0.162 e. The third-order valence-corrected chi connectivity index (χ3v) is 3.99. The summed E-state index contributed by atoms with van der Waals surface area (Å²) in [6.45, 7) is 0. The molecule has 0 spiro atoms. The predicted molar refractivity (Wildman–Crippen MR) is 98.5 cm³/mol. The van der Waals surface area contributed by atoms with Gasteiger partial charge in [-0.25, -0.2) is 0 Å². The van der Waals surface area contributed by atoms with Gasteiger partial charge in [-0.2, -0.15) is 0 Å². The van der Waals surface area contributed by atoms with Crippen LogP contribution in [0, 0.1) is 0 Å². The van der Waals surface area contributed by atoms with Crippen molar-refractivity contribution >= 4 is 49.5 Å². The van der Waals surface area contributed by atoms with Gasteiger partial charge in [-0.1, -0.05) is 51.3 Å². The first kappa shape index (κ1) is 17.8. The zero-order chi connectivity index (χ0) is 16.8. The van der Waals surface area contributed by atoms with Gasteiger partial charge >= 0.3 is 0 Å². The molecule has 0 saturated carbocycles. The van der Waals surface area contributed by atoms with Gasteiger partial charge in [0.05, 0.1) is 25.3 Å². The van der Waals surface area contributed by atoms with Crippen LogP contribution < -0.4 is 9.47 Å². The molecular weight excluding hydrogens is 403 g/mol. The zero-order valence-electron chi connectivity index (χ0n) is 12.4. The lowest BCUT2D eigenvalue weighted by Crippen LogP contribution is -1.98. The Morgan fingerprint density at radius 3 is 2.04 bits per heavy atom. The van der Waals surface area contributed by atoms with Crippen LogP contribution in [0.5, 0.6) is 11.5 Å². The lowest BCUT2D eigenvalue weighted by Gasteiger charge is -2.07. The lowest BCUT2D eigenvalue weighted by molar-refractivity contribution is 0.413. The zero-order valence-corrected chi connectivity index (χ0v) is 15.5. The fourth-order valence-electron chi connectivity index (χ4n) is 1.85. The minimum Gasteiger partial charge on any atom is -0.496 e. The van der Waals surface area contributed by atoms with Crippen molar-refractivity contribution in [1.29, 1.82) is 0 Å². The van der Waals surface area contributed by atoms with Crippen molar-refractivity contribution in [3.63, 3.8) is 0 Å². The van der Waals surface area contributed by atoms with Gasteiger partial charge in [0, 0.05) is 4.47 Å². The number of rotatable bonds is 5. The van der Waals surface area contributed by atoms with Gasteiger partial charge in [0.25, 0.3) is 0 Å². The van der Waals surface area contributed by atoms with Gasteiger partial charge in [0.15, 0.2) is 10.3 Å². The number of ether oxygens (including phenoxy) is 2. The van der Waals surface area contributed by atoms with Crippen molar-refractivity contribution in [3.8, 4) is 11.5 Å². The SMILES string of the molecule is COc1ccccc1/C(Cl)=N/N=C(\Cl)c1ccc(Br)cc1OC. The Kier molecular flexibility index (Phi) is 6.45. The second-order valence-corrected chi connectivity index (χ2v) is 5.96. The lowest BCUT2D eigenvalue weighted by atomic mass is 10.2. The highest BCUT2D eigenvalue weighted by atomic mass is 79.9. The number of halogens is 3. The standard InChI is InChI=1S/C16H13BrCl2N2O2/c1-22-13-6-4-3-5-11(13)15(18)20-21-16(19)12-8-7-10(17)9-14(12)23-2/h3-9H,1-2H3/b20-15-,21-16-. The van der Waals surface area contributed by atoms with Crippen molar-refractivity contribution in [2.24, 2.45) is 10.2 Å². The molecule has 2 aromatic rings. The fraction of sp³-hybridized carbons (Fsp3) is 0.125. The Labute approximate surface area is 152 Å². The average Bonchev–Trinajstić information content (AvgIpc) is 2.59. The van der Waals surface area contributed by atoms with Crippen LogP contribution in [0.25, 0.3) is 0 Å². The number of hydrogen-bond donors (Lipinski definition) is 0. The molecule has 0 aliphatic rings. The summed E-state index contributed by atoms with van der Waals surface area (Å²) in [6.07, 6.45) is 0. The van der Waals surface area contributed by atoms with E-state index in [1.165, 1.54) is 0 Å². The van der Waals surface area contributed by atoms with Gasteiger partial charge in [-0.05, 0) is 30.3 Å². The molecule has 0 amide bonds. The topological polar surface area (TPSA) is 43.2 Å². The molecular formula is C16H13BrCl2N2O2. The first-order chi connectivity index (χ1) is 11.1. The fourth-order valence-corrected chi connectivity index (χ4v) is 2.57. The molecule has 0 fully saturated rings. The summed E-state index contributed by atoms with van der Waals surface area (Å²) >= 11 is 15.8. The highest BCUT2D eigenvalue weighted by Gasteiger charge is 2.10. The molecule has 0 heterocycles. The van der Waals surface area contributed by atoms with Crippen molar-refractivity contribution < 1.29 is 9.47 Å². The summed E-state index contributed by atoms with van der Waals surface area (Å²) in [4.78, 5) is 0. The van der Waals surface area contributed by atoms with E-state index < -0.39 is 0 Å². The number of para-hydroxylation sites is 1. The van der Waals surface area contributed by atoms with Crippen molar-refractivity contribution in [1.82, 2.24) is 0 Å². The van der Waals surface area contributed by atoms with Gasteiger partial charge in [-0.3, -0.25) is 0 Å². The second kappa shape index (κ2) is 8.34. The largest absolute Gasteiger partial charge is 0.496 e. The van der Waals surface area contributed by atoms with Gasteiger partial charge in [-0.15, -0.1) is 10.2 Å². The molecule has 7 heteroatoms. The number of nitrogens with zero attached hydrogens (tertiary/aromatic N) is 2. The molecule has 0 aromatic heterocycles. The Morgan fingerprint density at radius 1 is 0.870 bits per heavy atom. The van der Waals surface area contributed by atoms with Crippen LogP contribution in [0.2, 0.25) is 0 Å². The van der Waals surface area contributed by atoms with E-state index in [1.807, 2.05) is 18.2 Å². The van der Waals surface area contributed by atoms with Crippen LogP contribution in [0.15, 0.2) is 57.1 Å². The molecule has 2 rings (SSSR count). The van der Waals surface area contributed by atoms with Crippen molar-refractivity contribution in [2.45, 2.75) is 0 Å². The highest BCUT2D eigenvalue weighted by molar-refractivity contribution is 9.10. The smallest absolute Gasteiger partial charge is 0.162 e. The molecule has 0 aliphatic carbocycles. The summed E-state index contributed by atoms with van der Waals surface area (Å²) in [5, 5.41) is 8.29. The predicted octanol–water partition coefficient (Wildman–Crippen LogP) is 5.05. The quantitative estimate of drug-likeness (QED) is 0.506. The van der Waals surface area contributed by atoms with Crippen LogP contribution >= 0.6 is 39.1 Å². The molecule has 120 valence electrons. The molecule has 23 heavy (non-hydrogen) atoms. The van der Waals surface area contributed by atoms with E-state index in [-0.39, 0.29) is 10.3 Å². The summed E-state index contributed by atoms with van der Waals surface area (Å²) in [7, 11) is 3.12. The molecule has 0 radical (unpaired) electrons. The van der Waals surface area contributed by atoms with E-state index in [0.717, 1.165) is 4.47 Å². The van der Waals surface area contributed by atoms with E-state index >= 15 is 0 Å². The third kappa shape index (κ3) is 4.47. The van der Waals surface area contributed by atoms with E-state index in [0.29, 0.717) is 22.6 Å². The van der Waals surface area contributed by atoms with E-state index in [1.54, 1.807) is 38.5 Å². The maximum absolute atomic E-state index is 6.21. The van der Waals surface area contributed by atoms with Gasteiger partial charge < -0.3 is 9.47 Å². The molecule has 4 nitrogen and oxygen atoms in total. The van der Waals surface area contributed by atoms with Crippen molar-refractivity contribution in [2.75, 3.05) is 14.2 Å². The Morgan fingerprint density at radius 2 is 1.43 bits per heavy atom. The maximum atomic E-state index is 6.21. The summed E-state index contributed by atoms with van der Waals surface area (Å²) in [5.41, 5.74) is 1.25. The average molecular weight is 416 g/mol. The second-order valence-electron chi connectivity index (χ2n) is 4.33. The van der Waals surface area contributed by atoms with E-state index in [4.69, 9.17) is 32.7 Å². The highest BCUT2D eigenvalue weighted by Crippen LogP contribution is 2.26. The van der Waals surface area contributed by atoms with E-state index in [9.17, 15) is 0 Å². The van der Waals surface area contributed by atoms with Crippen LogP contribution in [0.3, 0.4) is 0 Å². The number of benzene rings is 2. The molecule has 0 atom stereocenters. The van der Waals surface area contributed by atoms with Gasteiger partial charge in [0.2, 0.25) is 0 Å². The number of hydrogen-bond acceptors (Lipinski definition) is 4.